The quantitative estimate of drug-likeness (QED) is 0.0766. The molecule has 14 heteroatoms. The summed E-state index contributed by atoms with van der Waals surface area (Å²) in [6.45, 7) is 16.1. The molecule has 4 amide bonds. The van der Waals surface area contributed by atoms with Gasteiger partial charge in [-0.15, -0.1) is 0 Å². The number of aromatic amines is 2. The average molecular weight is 817 g/mol. The van der Waals surface area contributed by atoms with Gasteiger partial charge in [0.25, 0.3) is 0 Å². The molecule has 3 aromatic rings. The summed E-state index contributed by atoms with van der Waals surface area (Å²) in [5, 5.41) is 11.2. The van der Waals surface area contributed by atoms with Crippen LogP contribution >= 0.6 is 0 Å². The molecule has 0 atom stereocenters. The lowest BCUT2D eigenvalue weighted by molar-refractivity contribution is -0.124. The van der Waals surface area contributed by atoms with Gasteiger partial charge in [-0.05, 0) is 124 Å². The number of hydrogen-bond donors (Lipinski definition) is 6. The first-order chi connectivity index (χ1) is 28.6. The van der Waals surface area contributed by atoms with E-state index in [1.165, 1.54) is 13.8 Å². The van der Waals surface area contributed by atoms with Crippen LogP contribution in [0.1, 0.15) is 119 Å². The largest absolute Gasteiger partial charge is 0.355 e. The van der Waals surface area contributed by atoms with Crippen molar-refractivity contribution in [1.29, 1.82) is 0 Å². The Morgan fingerprint density at radius 1 is 0.533 bits per heavy atom. The SMILES string of the molecule is C=Cc1cc2cc3[nH]c(cc4nc(cc5nc(cc1[nH]2)C(C)=C5CCC(=O)NCCNC(=O)CCC(C)=O)C(CCC(=O)NCCNC(=O)CCC(C)=O)=C4C)c(C)c3C. The molecular weight excluding hydrogens is 761 g/mol. The van der Waals surface area contributed by atoms with E-state index in [-0.39, 0.29) is 99.9 Å². The van der Waals surface area contributed by atoms with Crippen molar-refractivity contribution in [2.45, 2.75) is 92.9 Å². The van der Waals surface area contributed by atoms with Crippen molar-refractivity contribution in [2.24, 2.45) is 0 Å². The maximum atomic E-state index is 13.1. The van der Waals surface area contributed by atoms with Crippen LogP contribution in [0.2, 0.25) is 0 Å². The van der Waals surface area contributed by atoms with Crippen LogP contribution < -0.4 is 21.3 Å². The fourth-order valence-electron chi connectivity index (χ4n) is 7.08. The molecule has 0 saturated carbocycles. The number of nitrogens with one attached hydrogen (secondary N) is 6. The molecule has 5 rings (SSSR count). The van der Waals surface area contributed by atoms with Crippen molar-refractivity contribution in [3.63, 3.8) is 0 Å². The van der Waals surface area contributed by atoms with Crippen LogP contribution in [-0.2, 0) is 28.8 Å². The maximum absolute atomic E-state index is 13.1. The molecule has 2 aliphatic heterocycles. The second kappa shape index (κ2) is 20.5. The smallest absolute Gasteiger partial charge is 0.220 e. The Labute approximate surface area is 350 Å². The Hall–Kier alpha value is -6.44. The van der Waals surface area contributed by atoms with E-state index in [4.69, 9.17) is 9.97 Å². The summed E-state index contributed by atoms with van der Waals surface area (Å²) >= 11 is 0. The third-order valence-electron chi connectivity index (χ3n) is 10.8. The van der Waals surface area contributed by atoms with Crippen LogP contribution in [0.25, 0.3) is 50.4 Å². The van der Waals surface area contributed by atoms with Crippen LogP contribution in [0.15, 0.2) is 36.9 Å². The molecule has 60 heavy (non-hydrogen) atoms. The van der Waals surface area contributed by atoms with Crippen molar-refractivity contribution >= 4 is 85.6 Å². The fraction of sp³-hybridized carbons (Fsp3) is 0.391. The third kappa shape index (κ3) is 11.8. The highest BCUT2D eigenvalue weighted by Crippen LogP contribution is 2.38. The molecule has 0 saturated heterocycles. The minimum atomic E-state index is -0.237. The summed E-state index contributed by atoms with van der Waals surface area (Å²) in [6, 6.07) is 10.1. The van der Waals surface area contributed by atoms with E-state index in [1.54, 1.807) is 6.08 Å². The van der Waals surface area contributed by atoms with Crippen molar-refractivity contribution < 1.29 is 28.8 Å². The zero-order valence-corrected chi connectivity index (χ0v) is 35.5. The van der Waals surface area contributed by atoms with Crippen LogP contribution in [0, 0.1) is 13.8 Å². The van der Waals surface area contributed by atoms with E-state index in [2.05, 4.69) is 57.7 Å². The number of carbonyl (C=O) groups is 6. The lowest BCUT2D eigenvalue weighted by Crippen LogP contribution is -2.34. The van der Waals surface area contributed by atoms with Crippen LogP contribution in [0.5, 0.6) is 0 Å². The van der Waals surface area contributed by atoms with Gasteiger partial charge < -0.3 is 40.8 Å². The van der Waals surface area contributed by atoms with Crippen LogP contribution in [0.4, 0.5) is 0 Å². The van der Waals surface area contributed by atoms with E-state index in [1.807, 2.05) is 38.1 Å². The summed E-state index contributed by atoms with van der Waals surface area (Å²) in [4.78, 5) is 89.9. The minimum absolute atomic E-state index is 0.0532. The lowest BCUT2D eigenvalue weighted by atomic mass is 9.98. The van der Waals surface area contributed by atoms with Gasteiger partial charge in [0.05, 0.1) is 22.8 Å². The first kappa shape index (κ1) is 44.7. The molecule has 0 aliphatic carbocycles. The Kier molecular flexibility index (Phi) is 15.3. The zero-order valence-electron chi connectivity index (χ0n) is 35.5. The second-order valence-corrected chi connectivity index (χ2v) is 15.4. The first-order valence-corrected chi connectivity index (χ1v) is 20.4. The summed E-state index contributed by atoms with van der Waals surface area (Å²) in [7, 11) is 0. The summed E-state index contributed by atoms with van der Waals surface area (Å²) in [6.07, 6.45) is 3.54. The predicted molar refractivity (Wildman–Crippen MR) is 236 cm³/mol. The van der Waals surface area contributed by atoms with E-state index in [9.17, 15) is 28.8 Å². The average Bonchev–Trinajstić information content (AvgIpc) is 3.90. The number of carbonyl (C=O) groups excluding carboxylic acids is 6. The van der Waals surface area contributed by atoms with E-state index in [0.29, 0.717) is 24.2 Å². The van der Waals surface area contributed by atoms with E-state index >= 15 is 0 Å². The molecule has 0 spiro atoms. The van der Waals surface area contributed by atoms with Gasteiger partial charge in [0.1, 0.15) is 11.6 Å². The second-order valence-electron chi connectivity index (χ2n) is 15.4. The van der Waals surface area contributed by atoms with Crippen LogP contribution in [-0.4, -0.2) is 81.3 Å². The molecule has 0 radical (unpaired) electrons. The minimum Gasteiger partial charge on any atom is -0.355 e. The molecule has 6 N–H and O–H groups in total. The number of aromatic nitrogens is 4. The molecule has 14 nitrogen and oxygen atoms in total. The number of ketones is 2. The highest BCUT2D eigenvalue weighted by molar-refractivity contribution is 5.97. The van der Waals surface area contributed by atoms with Crippen LogP contribution in [0.3, 0.4) is 0 Å². The normalized spacial score (nSPS) is 12.3. The van der Waals surface area contributed by atoms with Crippen molar-refractivity contribution in [2.75, 3.05) is 26.2 Å². The van der Waals surface area contributed by atoms with Crippen molar-refractivity contribution in [3.8, 4) is 0 Å². The van der Waals surface area contributed by atoms with Gasteiger partial charge >= 0.3 is 0 Å². The van der Waals surface area contributed by atoms with E-state index < -0.39 is 0 Å². The summed E-state index contributed by atoms with van der Waals surface area (Å²) in [5.41, 5.74) is 13.2. The van der Waals surface area contributed by atoms with Gasteiger partial charge in [0.2, 0.25) is 23.6 Å². The Morgan fingerprint density at radius 3 is 1.38 bits per heavy atom. The topological polar surface area (TPSA) is 208 Å². The van der Waals surface area contributed by atoms with Gasteiger partial charge in [-0.25, -0.2) is 9.97 Å². The number of rotatable bonds is 19. The summed E-state index contributed by atoms with van der Waals surface area (Å²) < 4.78 is 0. The Bertz CT molecular complexity index is 2450. The number of amides is 4. The first-order valence-electron chi connectivity index (χ1n) is 20.4. The van der Waals surface area contributed by atoms with Crippen molar-refractivity contribution in [3.05, 3.63) is 76.4 Å². The predicted octanol–water partition coefficient (Wildman–Crippen LogP) is 6.20. The molecular formula is C46H56N8O6. The number of allylic oxidation sites excluding steroid dienone is 4. The fourth-order valence-corrected chi connectivity index (χ4v) is 7.08. The molecule has 316 valence electrons. The molecule has 0 fully saturated rings. The molecule has 2 aliphatic rings. The molecule has 3 aromatic heterocycles. The van der Waals surface area contributed by atoms with Gasteiger partial charge in [-0.2, -0.15) is 0 Å². The highest BCUT2D eigenvalue weighted by atomic mass is 16.2. The molecule has 8 bridgehead atoms. The molecule has 0 aromatic carbocycles. The lowest BCUT2D eigenvalue weighted by Gasteiger charge is -2.09. The summed E-state index contributed by atoms with van der Waals surface area (Å²) in [5.74, 6) is -0.938. The van der Waals surface area contributed by atoms with Gasteiger partial charge in [0.15, 0.2) is 0 Å². The highest BCUT2D eigenvalue weighted by Gasteiger charge is 2.23. The van der Waals surface area contributed by atoms with E-state index in [0.717, 1.165) is 72.4 Å². The number of hydrogen-bond acceptors (Lipinski definition) is 8. The van der Waals surface area contributed by atoms with Gasteiger partial charge in [-0.1, -0.05) is 12.7 Å². The van der Waals surface area contributed by atoms with Gasteiger partial charge in [0, 0.05) is 86.8 Å². The maximum Gasteiger partial charge on any atom is 0.220 e. The zero-order chi connectivity index (χ0) is 43.5. The number of fused-ring (bicyclic) bond motifs is 8. The third-order valence-corrected chi connectivity index (χ3v) is 10.8. The van der Waals surface area contributed by atoms with Crippen molar-refractivity contribution in [1.82, 2.24) is 41.2 Å². The number of Topliss-reactive ketones (excluding diaryl/α,β-unsaturated/α-hetero) is 2. The molecule has 5 heterocycles. The molecule has 0 unspecified atom stereocenters. The standard InChI is InChI=1S/C46H56N8O6/c1-8-32-21-33-22-36-28(4)29(5)37(52-36)23-38-30(6)34(11-15-45(59)49-19-17-47-43(57)13-9-26(2)55)41(53-38)25-42-35(31(7)39(54-42)24-40(32)51-33)12-16-46(60)50-20-18-48-44(58)14-10-27(3)56/h8,21-25,51-52H,1,9-20H2,2-7H3,(H,47,57)(H,48,58)(H,49,59)(H,50,60). The Morgan fingerprint density at radius 2 is 0.950 bits per heavy atom. The number of H-pyrrole nitrogens is 2. The number of nitrogens with zero attached hydrogens (tertiary/aromatic N) is 2. The number of aryl methyl sites for hydroxylation is 2. The Balaban J connectivity index is 1.46. The monoisotopic (exact) mass is 816 g/mol. The van der Waals surface area contributed by atoms with Gasteiger partial charge in [-0.3, -0.25) is 19.2 Å².